The number of ketones is 1. The molecule has 1 aliphatic rings. The summed E-state index contributed by atoms with van der Waals surface area (Å²) in [6, 6.07) is 7.07. The fourth-order valence-electron chi connectivity index (χ4n) is 4.65. The van der Waals surface area contributed by atoms with Crippen LogP contribution in [0, 0.1) is 0 Å². The van der Waals surface area contributed by atoms with Gasteiger partial charge in [-0.05, 0) is 35.4 Å². The highest BCUT2D eigenvalue weighted by molar-refractivity contribution is 6.23. The molecule has 0 heterocycles. The molecule has 2 aromatic rings. The summed E-state index contributed by atoms with van der Waals surface area (Å²) in [6.07, 6.45) is -24.6. The number of aliphatic hydroxyl groups excluding tert-OH is 12. The number of aromatic carboxylic acids is 1. The molecule has 0 aliphatic heterocycles. The molecule has 3 rings (SSSR count). The van der Waals surface area contributed by atoms with Gasteiger partial charge in [0.1, 0.15) is 48.8 Å². The quantitative estimate of drug-likeness (QED) is 0.0741. The molecule has 13 N–H and O–H groups in total. The lowest BCUT2D eigenvalue weighted by molar-refractivity contribution is -0.213. The Morgan fingerprint density at radius 1 is 0.568 bits per heavy atom. The number of carboxylic acids is 1. The highest BCUT2D eigenvalue weighted by atomic mass is 16.4. The molecule has 1 aliphatic carbocycles. The maximum atomic E-state index is 13.7. The van der Waals surface area contributed by atoms with Crippen LogP contribution in [0.15, 0.2) is 36.4 Å². The first-order valence-electron chi connectivity index (χ1n) is 13.0. The number of aliphatic hydroxyl groups is 12. The smallest absolute Gasteiger partial charge is 0.335 e. The molecule has 0 saturated heterocycles. The van der Waals surface area contributed by atoms with Gasteiger partial charge in [-0.25, -0.2) is 4.79 Å². The molecule has 242 valence electrons. The van der Waals surface area contributed by atoms with Gasteiger partial charge in [0.2, 0.25) is 0 Å². The number of rotatable bonds is 14. The van der Waals surface area contributed by atoms with Crippen LogP contribution in [0.2, 0.25) is 0 Å². The third-order valence-corrected chi connectivity index (χ3v) is 7.29. The summed E-state index contributed by atoms with van der Waals surface area (Å²) >= 11 is 0. The number of carbonyl (C=O) groups excluding carboxylic acids is 2. The largest absolute Gasteiger partial charge is 0.478 e. The lowest BCUT2D eigenvalue weighted by Gasteiger charge is -2.40. The first kappa shape index (κ1) is 35.1. The molecular formula is C27H33NO16. The number of benzene rings is 2. The Morgan fingerprint density at radius 2 is 0.955 bits per heavy atom. The Balaban J connectivity index is 2.04. The Kier molecular flexibility index (Phi) is 11.2. The first-order chi connectivity index (χ1) is 20.6. The Hall–Kier alpha value is -3.43. The van der Waals surface area contributed by atoms with Crippen LogP contribution in [0.4, 0.5) is 0 Å². The van der Waals surface area contributed by atoms with Crippen LogP contribution >= 0.6 is 0 Å². The van der Waals surface area contributed by atoms with E-state index in [1.165, 1.54) is 18.2 Å². The third kappa shape index (κ3) is 6.64. The highest BCUT2D eigenvalue weighted by Gasteiger charge is 2.45. The van der Waals surface area contributed by atoms with Gasteiger partial charge in [0.15, 0.2) is 18.2 Å². The van der Waals surface area contributed by atoms with Crippen molar-refractivity contribution in [1.82, 2.24) is 4.90 Å². The fraction of sp³-hybridized carbons (Fsp3) is 0.444. The van der Waals surface area contributed by atoms with Crippen LogP contribution < -0.4 is 0 Å². The summed E-state index contributed by atoms with van der Waals surface area (Å²) in [6.45, 7) is -2.22. The topological polar surface area (TPSA) is 317 Å². The zero-order chi connectivity index (χ0) is 33.2. The van der Waals surface area contributed by atoms with Crippen molar-refractivity contribution >= 4 is 17.7 Å². The second-order valence-corrected chi connectivity index (χ2v) is 10.1. The van der Waals surface area contributed by atoms with E-state index in [0.717, 1.165) is 18.2 Å². The standard InChI is InChI=1S/C27H33NO16/c29-7-15(31)18(34)20(36)22(38)25(41)28(26(42)23(39)21(37)19(35)16(32)8-30)24(40)9-1-3-11-12-4-2-10(27(43)44)6-14(12)17(33)13(11)5-9/h1-6,15-16,18-23,25-26,29-32,34-39,41-42H,7-8H2,(H,43,44)/t15-,16-,18+,19+,20+,21+,22+,23+,25?,26?/m0/s1. The first-order valence-corrected chi connectivity index (χ1v) is 13.0. The molecule has 0 fully saturated rings. The maximum Gasteiger partial charge on any atom is 0.335 e. The summed E-state index contributed by atoms with van der Waals surface area (Å²) in [7, 11) is 0. The van der Waals surface area contributed by atoms with E-state index in [1.54, 1.807) is 0 Å². The van der Waals surface area contributed by atoms with E-state index in [9.17, 15) is 70.6 Å². The SMILES string of the molecule is O=C(O)c1ccc2c(c1)C(=O)c1cc(C(=O)N(C(O)[C@H](O)[C@H](O)[C@H](O)[C@@H](O)CO)C(O)[C@H](O)[C@H](O)[C@H](O)[C@@H](O)CO)ccc1-2. The fourth-order valence-corrected chi connectivity index (χ4v) is 4.65. The lowest BCUT2D eigenvalue weighted by atomic mass is 9.98. The van der Waals surface area contributed by atoms with Crippen molar-refractivity contribution < 1.29 is 80.8 Å². The number of hydrogen-bond donors (Lipinski definition) is 13. The molecule has 0 spiro atoms. The molecule has 0 saturated carbocycles. The zero-order valence-corrected chi connectivity index (χ0v) is 22.6. The maximum absolute atomic E-state index is 13.7. The minimum atomic E-state index is -2.77. The molecule has 44 heavy (non-hydrogen) atoms. The third-order valence-electron chi connectivity index (χ3n) is 7.29. The molecule has 10 atom stereocenters. The number of fused-ring (bicyclic) bond motifs is 3. The van der Waals surface area contributed by atoms with E-state index in [1.807, 2.05) is 0 Å². The molecule has 0 radical (unpaired) electrons. The van der Waals surface area contributed by atoms with Crippen molar-refractivity contribution in [3.63, 3.8) is 0 Å². The van der Waals surface area contributed by atoms with Crippen molar-refractivity contribution in [2.75, 3.05) is 13.2 Å². The van der Waals surface area contributed by atoms with Crippen molar-refractivity contribution in [2.45, 2.75) is 61.3 Å². The van der Waals surface area contributed by atoms with Gasteiger partial charge in [-0.1, -0.05) is 12.1 Å². The van der Waals surface area contributed by atoms with Gasteiger partial charge in [0.25, 0.3) is 5.91 Å². The molecule has 1 amide bonds. The Bertz CT molecular complexity index is 1340. The van der Waals surface area contributed by atoms with Gasteiger partial charge in [-0.15, -0.1) is 0 Å². The van der Waals surface area contributed by atoms with E-state index in [4.69, 9.17) is 10.2 Å². The van der Waals surface area contributed by atoms with E-state index in [-0.39, 0.29) is 27.2 Å². The molecule has 0 aromatic heterocycles. The summed E-state index contributed by atoms with van der Waals surface area (Å²) in [5.41, 5.74) is -0.222. The van der Waals surface area contributed by atoms with Crippen molar-refractivity contribution in [3.8, 4) is 11.1 Å². The molecule has 17 heteroatoms. The van der Waals surface area contributed by atoms with E-state index in [0.29, 0.717) is 5.56 Å². The van der Waals surface area contributed by atoms with Crippen LogP contribution in [0.3, 0.4) is 0 Å². The Labute approximate surface area is 248 Å². The number of nitrogens with zero attached hydrogens (tertiary/aromatic N) is 1. The summed E-state index contributed by atoms with van der Waals surface area (Å²) < 4.78 is 0. The molecule has 2 aromatic carbocycles. The van der Waals surface area contributed by atoms with Crippen LogP contribution in [0.5, 0.6) is 0 Å². The molecule has 17 nitrogen and oxygen atoms in total. The summed E-state index contributed by atoms with van der Waals surface area (Å²) in [5.74, 6) is -3.48. The van der Waals surface area contributed by atoms with Gasteiger partial charge in [-0.3, -0.25) is 14.5 Å². The van der Waals surface area contributed by atoms with Crippen molar-refractivity contribution in [1.29, 1.82) is 0 Å². The minimum Gasteiger partial charge on any atom is -0.478 e. The van der Waals surface area contributed by atoms with Crippen molar-refractivity contribution in [3.05, 3.63) is 58.7 Å². The number of hydrogen-bond acceptors (Lipinski definition) is 15. The van der Waals surface area contributed by atoms with Gasteiger partial charge < -0.3 is 66.4 Å². The average molecular weight is 628 g/mol. The second kappa shape index (κ2) is 14.1. The predicted molar refractivity (Wildman–Crippen MR) is 143 cm³/mol. The molecule has 0 bridgehead atoms. The second-order valence-electron chi connectivity index (χ2n) is 10.1. The summed E-state index contributed by atoms with van der Waals surface area (Å²) in [5, 5.41) is 130. The van der Waals surface area contributed by atoms with Crippen LogP contribution in [0.25, 0.3) is 11.1 Å². The number of carboxylic acid groups (broad SMARTS) is 1. The Morgan fingerprint density at radius 3 is 1.34 bits per heavy atom. The van der Waals surface area contributed by atoms with E-state index in [2.05, 4.69) is 0 Å². The predicted octanol–water partition coefficient (Wildman–Crippen LogP) is -5.45. The van der Waals surface area contributed by atoms with Gasteiger partial charge in [-0.2, -0.15) is 0 Å². The van der Waals surface area contributed by atoms with Crippen LogP contribution in [-0.4, -0.2) is 163 Å². The highest BCUT2D eigenvalue weighted by Crippen LogP contribution is 2.38. The average Bonchev–Trinajstić information content (AvgIpc) is 3.31. The number of carbonyl (C=O) groups is 3. The normalized spacial score (nSPS) is 19.4. The molecular weight excluding hydrogens is 594 g/mol. The van der Waals surface area contributed by atoms with Gasteiger partial charge >= 0.3 is 5.97 Å². The number of amides is 1. The van der Waals surface area contributed by atoms with Crippen LogP contribution in [-0.2, 0) is 0 Å². The monoisotopic (exact) mass is 627 g/mol. The summed E-state index contributed by atoms with van der Waals surface area (Å²) in [4.78, 5) is 38.0. The lowest BCUT2D eigenvalue weighted by Crippen LogP contribution is -2.63. The van der Waals surface area contributed by atoms with E-state index >= 15 is 0 Å². The zero-order valence-electron chi connectivity index (χ0n) is 22.6. The van der Waals surface area contributed by atoms with Crippen molar-refractivity contribution in [2.24, 2.45) is 0 Å². The van der Waals surface area contributed by atoms with Crippen LogP contribution in [0.1, 0.15) is 36.6 Å². The van der Waals surface area contributed by atoms with E-state index < -0.39 is 97.7 Å². The van der Waals surface area contributed by atoms with Gasteiger partial charge in [0, 0.05) is 16.7 Å². The van der Waals surface area contributed by atoms with Gasteiger partial charge in [0.05, 0.1) is 18.8 Å². The molecule has 2 unspecified atom stereocenters. The minimum absolute atomic E-state index is 0.00799.